The van der Waals surface area contributed by atoms with Gasteiger partial charge < -0.3 is 16.0 Å². The lowest BCUT2D eigenvalue weighted by molar-refractivity contribution is -0.140. The number of likely N-dealkylation sites (tertiary alicyclic amines) is 1. The highest BCUT2D eigenvalue weighted by Gasteiger charge is 2.31. The molecule has 0 aromatic rings. The molecule has 6 heteroatoms. The van der Waals surface area contributed by atoms with Crippen molar-refractivity contribution in [3.05, 3.63) is 0 Å². The summed E-state index contributed by atoms with van der Waals surface area (Å²) in [5.41, 5.74) is 5.30. The second-order valence-corrected chi connectivity index (χ2v) is 7.35. The topological polar surface area (TPSA) is 92.5 Å². The smallest absolute Gasteiger partial charge is 0.245 e. The lowest BCUT2D eigenvalue weighted by Crippen LogP contribution is -2.53. The molecule has 0 aromatic carbocycles. The van der Waals surface area contributed by atoms with Gasteiger partial charge in [-0.25, -0.2) is 0 Å². The number of hydrogen-bond donors (Lipinski definition) is 2. The normalized spacial score (nSPS) is 23.5. The maximum Gasteiger partial charge on any atom is 0.245 e. The average molecular weight is 337 g/mol. The molecule has 2 fully saturated rings. The van der Waals surface area contributed by atoms with Crippen LogP contribution in [-0.2, 0) is 14.4 Å². The van der Waals surface area contributed by atoms with Crippen molar-refractivity contribution >= 4 is 17.7 Å². The predicted octanol–water partition coefficient (Wildman–Crippen LogP) is 1.72. The number of nitrogens with one attached hydrogen (secondary N) is 1. The third-order valence-corrected chi connectivity index (χ3v) is 5.29. The van der Waals surface area contributed by atoms with E-state index in [1.54, 1.807) is 11.8 Å². The van der Waals surface area contributed by atoms with Crippen molar-refractivity contribution < 1.29 is 14.4 Å². The van der Waals surface area contributed by atoms with E-state index in [4.69, 9.17) is 5.73 Å². The van der Waals surface area contributed by atoms with Gasteiger partial charge in [0.25, 0.3) is 0 Å². The van der Waals surface area contributed by atoms with Crippen molar-refractivity contribution in [2.75, 3.05) is 6.54 Å². The number of nitrogens with zero attached hydrogens (tertiary/aromatic N) is 1. The van der Waals surface area contributed by atoms with Gasteiger partial charge in [0.1, 0.15) is 6.04 Å². The number of piperidine rings is 1. The molecule has 2 rings (SSSR count). The Labute approximate surface area is 144 Å². The quantitative estimate of drug-likeness (QED) is 0.773. The number of nitrogens with two attached hydrogens (primary N) is 1. The van der Waals surface area contributed by atoms with Crippen LogP contribution in [0.5, 0.6) is 0 Å². The summed E-state index contributed by atoms with van der Waals surface area (Å²) >= 11 is 0. The lowest BCUT2D eigenvalue weighted by Gasteiger charge is -2.37. The fourth-order valence-electron chi connectivity index (χ4n) is 4.00. The Bertz CT molecular complexity index is 460. The van der Waals surface area contributed by atoms with Crippen LogP contribution in [0.25, 0.3) is 0 Å². The van der Waals surface area contributed by atoms with Crippen LogP contribution in [0.3, 0.4) is 0 Å². The van der Waals surface area contributed by atoms with E-state index in [1.807, 2.05) is 0 Å². The third-order valence-electron chi connectivity index (χ3n) is 5.29. The average Bonchev–Trinajstić information content (AvgIpc) is 2.55. The molecule has 1 heterocycles. The Morgan fingerprint density at radius 1 is 1.04 bits per heavy atom. The molecule has 3 N–H and O–H groups in total. The van der Waals surface area contributed by atoms with E-state index in [9.17, 15) is 14.4 Å². The maximum atomic E-state index is 12.7. The molecular formula is C18H31N3O3. The first-order chi connectivity index (χ1) is 11.5. The third kappa shape index (κ3) is 5.49. The number of carbonyl (C=O) groups is 3. The first-order valence-electron chi connectivity index (χ1n) is 9.35. The minimum Gasteiger partial charge on any atom is -0.370 e. The highest BCUT2D eigenvalue weighted by atomic mass is 16.2. The number of primary amides is 1. The molecule has 1 saturated heterocycles. The monoisotopic (exact) mass is 337 g/mol. The van der Waals surface area contributed by atoms with Gasteiger partial charge in [-0.05, 0) is 44.9 Å². The summed E-state index contributed by atoms with van der Waals surface area (Å²) in [5, 5.41) is 2.85. The summed E-state index contributed by atoms with van der Waals surface area (Å²) in [7, 11) is 0. The standard InChI is InChI=1S/C18H31N3O3/c1-13(20-17(23)11-14-7-3-2-4-8-14)18(24)21-10-6-5-9-15(21)12-16(19)22/h13-15H,2-12H2,1H3,(H2,19,22)(H,20,23). The molecule has 0 aromatic heterocycles. The zero-order chi connectivity index (χ0) is 17.5. The maximum absolute atomic E-state index is 12.7. The first-order valence-corrected chi connectivity index (χ1v) is 9.35. The summed E-state index contributed by atoms with van der Waals surface area (Å²) in [4.78, 5) is 37.8. The number of amides is 3. The fraction of sp³-hybridized carbons (Fsp3) is 0.833. The van der Waals surface area contributed by atoms with Crippen LogP contribution in [0.1, 0.15) is 71.1 Å². The van der Waals surface area contributed by atoms with Crippen LogP contribution in [0.4, 0.5) is 0 Å². The number of carbonyl (C=O) groups excluding carboxylic acids is 3. The van der Waals surface area contributed by atoms with Crippen LogP contribution in [0.15, 0.2) is 0 Å². The highest BCUT2D eigenvalue weighted by Crippen LogP contribution is 2.26. The summed E-state index contributed by atoms with van der Waals surface area (Å²) < 4.78 is 0. The SMILES string of the molecule is CC(NC(=O)CC1CCCCC1)C(=O)N1CCCCC1CC(N)=O. The number of rotatable bonds is 6. The van der Waals surface area contributed by atoms with Crippen molar-refractivity contribution in [2.24, 2.45) is 11.7 Å². The molecule has 2 unspecified atom stereocenters. The highest BCUT2D eigenvalue weighted by molar-refractivity contribution is 5.88. The van der Waals surface area contributed by atoms with Gasteiger partial charge in [-0.2, -0.15) is 0 Å². The zero-order valence-electron chi connectivity index (χ0n) is 14.8. The van der Waals surface area contributed by atoms with Crippen LogP contribution in [0, 0.1) is 5.92 Å². The van der Waals surface area contributed by atoms with E-state index in [-0.39, 0.29) is 30.2 Å². The van der Waals surface area contributed by atoms with Crippen molar-refractivity contribution in [3.8, 4) is 0 Å². The second kappa shape index (κ2) is 9.04. The zero-order valence-corrected chi connectivity index (χ0v) is 14.8. The summed E-state index contributed by atoms with van der Waals surface area (Å²) in [6.45, 7) is 2.37. The van der Waals surface area contributed by atoms with E-state index in [0.29, 0.717) is 18.9 Å². The molecule has 2 atom stereocenters. The second-order valence-electron chi connectivity index (χ2n) is 7.35. The Morgan fingerprint density at radius 2 is 1.71 bits per heavy atom. The van der Waals surface area contributed by atoms with Crippen molar-refractivity contribution in [1.29, 1.82) is 0 Å². The van der Waals surface area contributed by atoms with Crippen molar-refractivity contribution in [2.45, 2.75) is 83.2 Å². The minimum atomic E-state index is -0.547. The molecule has 0 bridgehead atoms. The Kier molecular flexibility index (Phi) is 7.06. The molecular weight excluding hydrogens is 306 g/mol. The first kappa shape index (κ1) is 18.7. The van der Waals surface area contributed by atoms with E-state index < -0.39 is 6.04 Å². The van der Waals surface area contributed by atoms with Gasteiger partial charge in [-0.3, -0.25) is 14.4 Å². The largest absolute Gasteiger partial charge is 0.370 e. The van der Waals surface area contributed by atoms with Gasteiger partial charge in [-0.1, -0.05) is 19.3 Å². The molecule has 3 amide bonds. The minimum absolute atomic E-state index is 0.0359. The molecule has 2 aliphatic rings. The van der Waals surface area contributed by atoms with Gasteiger partial charge in [-0.15, -0.1) is 0 Å². The molecule has 1 saturated carbocycles. The molecule has 6 nitrogen and oxygen atoms in total. The van der Waals surface area contributed by atoms with Gasteiger partial charge >= 0.3 is 0 Å². The van der Waals surface area contributed by atoms with E-state index >= 15 is 0 Å². The van der Waals surface area contributed by atoms with Gasteiger partial charge in [0.15, 0.2) is 0 Å². The van der Waals surface area contributed by atoms with Gasteiger partial charge in [0.2, 0.25) is 17.7 Å². The molecule has 24 heavy (non-hydrogen) atoms. The van der Waals surface area contributed by atoms with Crippen LogP contribution in [-0.4, -0.2) is 41.2 Å². The Hall–Kier alpha value is -1.59. The Balaban J connectivity index is 1.85. The predicted molar refractivity (Wildman–Crippen MR) is 92.0 cm³/mol. The van der Waals surface area contributed by atoms with Crippen LogP contribution in [0.2, 0.25) is 0 Å². The molecule has 1 aliphatic carbocycles. The molecule has 0 spiro atoms. The summed E-state index contributed by atoms with van der Waals surface area (Å²) in [6.07, 6.45) is 9.36. The van der Waals surface area contributed by atoms with E-state index in [1.165, 1.54) is 19.3 Å². The summed E-state index contributed by atoms with van der Waals surface area (Å²) in [5.74, 6) is -0.0588. The van der Waals surface area contributed by atoms with Crippen LogP contribution >= 0.6 is 0 Å². The van der Waals surface area contributed by atoms with E-state index in [2.05, 4.69) is 5.32 Å². The number of hydrogen-bond acceptors (Lipinski definition) is 3. The van der Waals surface area contributed by atoms with Crippen molar-refractivity contribution in [1.82, 2.24) is 10.2 Å². The molecule has 136 valence electrons. The molecule has 0 radical (unpaired) electrons. The van der Waals surface area contributed by atoms with Gasteiger partial charge in [0, 0.05) is 25.4 Å². The molecule has 1 aliphatic heterocycles. The summed E-state index contributed by atoms with van der Waals surface area (Å²) in [6, 6.07) is -0.670. The van der Waals surface area contributed by atoms with Crippen LogP contribution < -0.4 is 11.1 Å². The van der Waals surface area contributed by atoms with Gasteiger partial charge in [0.05, 0.1) is 0 Å². The van der Waals surface area contributed by atoms with Crippen molar-refractivity contribution in [3.63, 3.8) is 0 Å². The van der Waals surface area contributed by atoms with E-state index in [0.717, 1.165) is 32.1 Å². The Morgan fingerprint density at radius 3 is 2.38 bits per heavy atom. The lowest BCUT2D eigenvalue weighted by atomic mass is 9.87. The fourth-order valence-corrected chi connectivity index (χ4v) is 4.00.